The molecule has 2 aromatic rings. The van der Waals surface area contributed by atoms with Gasteiger partial charge in [-0.15, -0.1) is 0 Å². The normalized spacial score (nSPS) is 10.1. The second-order valence-corrected chi connectivity index (χ2v) is 4.41. The lowest BCUT2D eigenvalue weighted by Gasteiger charge is -2.04. The van der Waals surface area contributed by atoms with Crippen LogP contribution in [0.25, 0.3) is 0 Å². The highest BCUT2D eigenvalue weighted by Gasteiger charge is 2.15. The summed E-state index contributed by atoms with van der Waals surface area (Å²) < 4.78 is 0. The molecular weight excluding hydrogens is 256 g/mol. The molecule has 6 heteroatoms. The standard InChI is InChI=1S/C14H16N4O2/c1-3-10-8-12(18-17-10)16-14(20)13(19)15-11-6-4-9(2)5-7-11/h4-8H,3H2,1-2H3,(H,15,19)(H2,16,17,18,20). The quantitative estimate of drug-likeness (QED) is 0.745. The van der Waals surface area contributed by atoms with Crippen LogP contribution in [0.3, 0.4) is 0 Å². The average molecular weight is 272 g/mol. The monoisotopic (exact) mass is 272 g/mol. The predicted molar refractivity (Wildman–Crippen MR) is 76.4 cm³/mol. The van der Waals surface area contributed by atoms with Crippen molar-refractivity contribution in [3.63, 3.8) is 0 Å². The molecular formula is C14H16N4O2. The molecule has 0 bridgehead atoms. The van der Waals surface area contributed by atoms with Gasteiger partial charge in [-0.1, -0.05) is 24.6 Å². The molecule has 20 heavy (non-hydrogen) atoms. The number of nitrogens with one attached hydrogen (secondary N) is 3. The number of benzene rings is 1. The highest BCUT2D eigenvalue weighted by Crippen LogP contribution is 2.09. The summed E-state index contributed by atoms with van der Waals surface area (Å²) >= 11 is 0. The number of hydrogen-bond donors (Lipinski definition) is 3. The van der Waals surface area contributed by atoms with Crippen molar-refractivity contribution in [2.45, 2.75) is 20.3 Å². The Morgan fingerprint density at radius 1 is 1.15 bits per heavy atom. The topological polar surface area (TPSA) is 86.9 Å². The molecule has 3 N–H and O–H groups in total. The van der Waals surface area contributed by atoms with E-state index in [0.717, 1.165) is 17.7 Å². The Kier molecular flexibility index (Phi) is 4.14. The van der Waals surface area contributed by atoms with Crippen LogP contribution in [0.1, 0.15) is 18.2 Å². The summed E-state index contributed by atoms with van der Waals surface area (Å²) in [5, 5.41) is 11.6. The number of amides is 2. The van der Waals surface area contributed by atoms with Crippen molar-refractivity contribution in [1.29, 1.82) is 0 Å². The molecule has 0 spiro atoms. The van der Waals surface area contributed by atoms with Gasteiger partial charge in [-0.3, -0.25) is 14.7 Å². The number of aryl methyl sites for hydroxylation is 2. The summed E-state index contributed by atoms with van der Waals surface area (Å²) in [4.78, 5) is 23.4. The van der Waals surface area contributed by atoms with Gasteiger partial charge in [0.25, 0.3) is 0 Å². The molecule has 0 aliphatic rings. The molecule has 1 aromatic carbocycles. The maximum Gasteiger partial charge on any atom is 0.315 e. The SMILES string of the molecule is CCc1cc(NC(=O)C(=O)Nc2ccc(C)cc2)n[nH]1. The van der Waals surface area contributed by atoms with Crippen LogP contribution >= 0.6 is 0 Å². The van der Waals surface area contributed by atoms with E-state index in [4.69, 9.17) is 0 Å². The van der Waals surface area contributed by atoms with Crippen LogP contribution in [0.15, 0.2) is 30.3 Å². The molecule has 0 saturated carbocycles. The molecule has 0 fully saturated rings. The summed E-state index contributed by atoms with van der Waals surface area (Å²) in [6.07, 6.45) is 0.776. The van der Waals surface area contributed by atoms with Crippen LogP contribution in [0.2, 0.25) is 0 Å². The fourth-order valence-corrected chi connectivity index (χ4v) is 1.60. The van der Waals surface area contributed by atoms with Gasteiger partial charge in [0, 0.05) is 17.4 Å². The lowest BCUT2D eigenvalue weighted by molar-refractivity contribution is -0.133. The molecule has 2 rings (SSSR count). The van der Waals surface area contributed by atoms with Crippen LogP contribution in [0.4, 0.5) is 11.5 Å². The van der Waals surface area contributed by atoms with Gasteiger partial charge in [0.2, 0.25) is 0 Å². The first-order valence-corrected chi connectivity index (χ1v) is 6.31. The van der Waals surface area contributed by atoms with Gasteiger partial charge in [0.1, 0.15) is 0 Å². The second-order valence-electron chi connectivity index (χ2n) is 4.41. The number of H-pyrrole nitrogens is 1. The predicted octanol–water partition coefficient (Wildman–Crippen LogP) is 1.86. The van der Waals surface area contributed by atoms with E-state index < -0.39 is 11.8 Å². The first kappa shape index (κ1) is 13.8. The number of aromatic nitrogens is 2. The van der Waals surface area contributed by atoms with Crippen LogP contribution in [-0.4, -0.2) is 22.0 Å². The van der Waals surface area contributed by atoms with Gasteiger partial charge in [-0.2, -0.15) is 5.10 Å². The van der Waals surface area contributed by atoms with Gasteiger partial charge >= 0.3 is 11.8 Å². The number of nitrogens with zero attached hydrogens (tertiary/aromatic N) is 1. The molecule has 1 heterocycles. The summed E-state index contributed by atoms with van der Waals surface area (Å²) in [5.74, 6) is -1.14. The van der Waals surface area contributed by atoms with Crippen molar-refractivity contribution >= 4 is 23.3 Å². The van der Waals surface area contributed by atoms with Crippen molar-refractivity contribution in [1.82, 2.24) is 10.2 Å². The molecule has 104 valence electrons. The van der Waals surface area contributed by atoms with Gasteiger partial charge in [-0.25, -0.2) is 0 Å². The Labute approximate surface area is 116 Å². The van der Waals surface area contributed by atoms with E-state index in [-0.39, 0.29) is 0 Å². The fraction of sp³-hybridized carbons (Fsp3) is 0.214. The maximum atomic E-state index is 11.7. The molecule has 0 radical (unpaired) electrons. The van der Waals surface area contributed by atoms with Gasteiger partial charge in [-0.05, 0) is 25.5 Å². The molecule has 0 atom stereocenters. The Bertz CT molecular complexity index is 616. The van der Waals surface area contributed by atoms with E-state index in [1.54, 1.807) is 18.2 Å². The smallest absolute Gasteiger partial charge is 0.315 e. The van der Waals surface area contributed by atoms with E-state index >= 15 is 0 Å². The largest absolute Gasteiger partial charge is 0.318 e. The van der Waals surface area contributed by atoms with Gasteiger partial charge in [0.05, 0.1) is 0 Å². The molecule has 0 aliphatic heterocycles. The van der Waals surface area contributed by atoms with Crippen molar-refractivity contribution in [3.05, 3.63) is 41.6 Å². The number of rotatable bonds is 3. The number of carbonyl (C=O) groups excluding carboxylic acids is 2. The second kappa shape index (κ2) is 6.01. The number of anilines is 2. The Balaban J connectivity index is 1.95. The molecule has 6 nitrogen and oxygen atoms in total. The lowest BCUT2D eigenvalue weighted by Crippen LogP contribution is -2.29. The zero-order valence-electron chi connectivity index (χ0n) is 11.4. The average Bonchev–Trinajstić information content (AvgIpc) is 2.89. The van der Waals surface area contributed by atoms with Gasteiger partial charge < -0.3 is 10.6 Å². The Hall–Kier alpha value is -2.63. The first-order chi connectivity index (χ1) is 9.58. The molecule has 1 aromatic heterocycles. The van der Waals surface area contributed by atoms with Crippen LogP contribution in [0.5, 0.6) is 0 Å². The zero-order valence-corrected chi connectivity index (χ0v) is 11.4. The third-order valence-electron chi connectivity index (χ3n) is 2.77. The third kappa shape index (κ3) is 3.44. The number of hydrogen-bond acceptors (Lipinski definition) is 3. The maximum absolute atomic E-state index is 11.7. The minimum Gasteiger partial charge on any atom is -0.318 e. The summed E-state index contributed by atoms with van der Waals surface area (Å²) in [6, 6.07) is 8.88. The molecule has 0 aliphatic carbocycles. The molecule has 0 unspecified atom stereocenters. The van der Waals surface area contributed by atoms with Crippen LogP contribution in [0, 0.1) is 6.92 Å². The van der Waals surface area contributed by atoms with Crippen molar-refractivity contribution in [3.8, 4) is 0 Å². The first-order valence-electron chi connectivity index (χ1n) is 6.31. The molecule has 2 amide bonds. The summed E-state index contributed by atoms with van der Waals surface area (Å²) in [5.41, 5.74) is 2.54. The van der Waals surface area contributed by atoms with E-state index in [1.165, 1.54) is 0 Å². The number of carbonyl (C=O) groups is 2. The highest BCUT2D eigenvalue weighted by atomic mass is 16.2. The van der Waals surface area contributed by atoms with Crippen molar-refractivity contribution in [2.24, 2.45) is 0 Å². The van der Waals surface area contributed by atoms with Crippen LogP contribution < -0.4 is 10.6 Å². The van der Waals surface area contributed by atoms with Gasteiger partial charge in [0.15, 0.2) is 5.82 Å². The van der Waals surface area contributed by atoms with E-state index in [1.807, 2.05) is 26.0 Å². The van der Waals surface area contributed by atoms with Crippen LogP contribution in [-0.2, 0) is 16.0 Å². The third-order valence-corrected chi connectivity index (χ3v) is 2.77. The minimum absolute atomic E-state index is 0.339. The Morgan fingerprint density at radius 3 is 2.40 bits per heavy atom. The summed E-state index contributed by atoms with van der Waals surface area (Å²) in [6.45, 7) is 3.91. The number of aromatic amines is 1. The van der Waals surface area contributed by atoms with Crippen molar-refractivity contribution < 1.29 is 9.59 Å². The zero-order chi connectivity index (χ0) is 14.5. The highest BCUT2D eigenvalue weighted by molar-refractivity contribution is 6.43. The fourth-order valence-electron chi connectivity index (χ4n) is 1.60. The van der Waals surface area contributed by atoms with E-state index in [2.05, 4.69) is 20.8 Å². The van der Waals surface area contributed by atoms with E-state index in [0.29, 0.717) is 11.5 Å². The minimum atomic E-state index is -0.750. The molecule has 0 saturated heterocycles. The Morgan fingerprint density at radius 2 is 1.80 bits per heavy atom. The van der Waals surface area contributed by atoms with Crippen molar-refractivity contribution in [2.75, 3.05) is 10.6 Å². The lowest BCUT2D eigenvalue weighted by atomic mass is 10.2. The summed E-state index contributed by atoms with van der Waals surface area (Å²) in [7, 11) is 0. The van der Waals surface area contributed by atoms with E-state index in [9.17, 15) is 9.59 Å².